The predicted molar refractivity (Wildman–Crippen MR) is 116 cm³/mol. The number of hydrogen-bond donors (Lipinski definition) is 0. The van der Waals surface area contributed by atoms with Crippen LogP contribution in [0.25, 0.3) is 0 Å². The summed E-state index contributed by atoms with van der Waals surface area (Å²) in [4.78, 5) is 7.47. The van der Waals surface area contributed by atoms with Gasteiger partial charge in [-0.1, -0.05) is 59.9 Å². The Kier molecular flexibility index (Phi) is 5.81. The average Bonchev–Trinajstić information content (AvgIpc) is 2.70. The molecule has 0 atom stereocenters. The number of aryl methyl sites for hydroxylation is 1. The van der Waals surface area contributed by atoms with Gasteiger partial charge >= 0.3 is 0 Å². The van der Waals surface area contributed by atoms with Gasteiger partial charge in [0.15, 0.2) is 0 Å². The number of nitrogens with zero attached hydrogens (tertiary/aromatic N) is 3. The van der Waals surface area contributed by atoms with E-state index in [0.717, 1.165) is 51.4 Å². The fraction of sp³-hybridized carbons (Fsp3) is 0.360. The van der Waals surface area contributed by atoms with Gasteiger partial charge in [-0.25, -0.2) is 0 Å². The van der Waals surface area contributed by atoms with Crippen LogP contribution in [0.15, 0.2) is 65.9 Å². The van der Waals surface area contributed by atoms with Gasteiger partial charge in [0, 0.05) is 50.9 Å². The first-order chi connectivity index (χ1) is 13.7. The first-order valence-corrected chi connectivity index (χ1v) is 10.1. The second-order valence-electron chi connectivity index (χ2n) is 7.99. The molecule has 2 aliphatic heterocycles. The third-order valence-electron chi connectivity index (χ3n) is 5.61. The van der Waals surface area contributed by atoms with Crippen molar-refractivity contribution in [3.8, 4) is 11.8 Å². The van der Waals surface area contributed by atoms with Gasteiger partial charge in [0.25, 0.3) is 0 Å². The van der Waals surface area contributed by atoms with E-state index in [9.17, 15) is 0 Å². The molecule has 0 saturated heterocycles. The molecule has 3 heteroatoms. The van der Waals surface area contributed by atoms with Crippen molar-refractivity contribution in [1.29, 1.82) is 0 Å². The van der Waals surface area contributed by atoms with E-state index in [2.05, 4.69) is 76.9 Å². The molecule has 0 bridgehead atoms. The molecule has 0 amide bonds. The molecule has 2 heterocycles. The maximum Gasteiger partial charge on any atom is 0.0706 e. The van der Waals surface area contributed by atoms with E-state index in [1.165, 1.54) is 11.1 Å². The SMILES string of the molecule is Cc1ccc(CN2CC3=C(CCN(CC#Cc4ccccc4)C3)N(C)C2)cc1. The summed E-state index contributed by atoms with van der Waals surface area (Å²) in [5, 5.41) is 0. The van der Waals surface area contributed by atoms with Crippen LogP contribution in [0.3, 0.4) is 0 Å². The molecule has 0 fully saturated rings. The van der Waals surface area contributed by atoms with E-state index in [4.69, 9.17) is 0 Å². The number of hydrogen-bond acceptors (Lipinski definition) is 3. The molecule has 2 aliphatic rings. The van der Waals surface area contributed by atoms with E-state index in [-0.39, 0.29) is 0 Å². The summed E-state index contributed by atoms with van der Waals surface area (Å²) < 4.78 is 0. The topological polar surface area (TPSA) is 9.72 Å². The molecule has 0 spiro atoms. The highest BCUT2D eigenvalue weighted by molar-refractivity contribution is 5.34. The molecule has 4 rings (SSSR count). The fourth-order valence-corrected chi connectivity index (χ4v) is 4.16. The minimum atomic E-state index is 0.841. The summed E-state index contributed by atoms with van der Waals surface area (Å²) in [5.41, 5.74) is 6.93. The largest absolute Gasteiger partial charge is 0.365 e. The van der Waals surface area contributed by atoms with Gasteiger partial charge in [-0.15, -0.1) is 0 Å². The van der Waals surface area contributed by atoms with Gasteiger partial charge in [-0.3, -0.25) is 9.80 Å². The number of rotatable bonds is 3. The molecule has 0 unspecified atom stereocenters. The lowest BCUT2D eigenvalue weighted by molar-refractivity contribution is 0.137. The van der Waals surface area contributed by atoms with Gasteiger partial charge in [-0.05, 0) is 30.2 Å². The second-order valence-corrected chi connectivity index (χ2v) is 7.99. The van der Waals surface area contributed by atoms with Crippen LogP contribution in [-0.4, -0.2) is 54.6 Å². The van der Waals surface area contributed by atoms with Crippen molar-refractivity contribution in [3.05, 3.63) is 82.6 Å². The van der Waals surface area contributed by atoms with Crippen molar-refractivity contribution in [2.24, 2.45) is 0 Å². The molecule has 0 N–H and O–H groups in total. The Morgan fingerprint density at radius 1 is 0.929 bits per heavy atom. The van der Waals surface area contributed by atoms with Gasteiger partial charge in [0.2, 0.25) is 0 Å². The van der Waals surface area contributed by atoms with Crippen LogP contribution >= 0.6 is 0 Å². The van der Waals surface area contributed by atoms with Gasteiger partial charge < -0.3 is 4.90 Å². The average molecular weight is 372 g/mol. The lowest BCUT2D eigenvalue weighted by Gasteiger charge is -2.42. The molecule has 3 nitrogen and oxygen atoms in total. The third-order valence-corrected chi connectivity index (χ3v) is 5.61. The Labute approximate surface area is 169 Å². The van der Waals surface area contributed by atoms with E-state index >= 15 is 0 Å². The quantitative estimate of drug-likeness (QED) is 0.762. The Balaban J connectivity index is 1.38. The minimum Gasteiger partial charge on any atom is -0.365 e. The Morgan fingerprint density at radius 2 is 1.68 bits per heavy atom. The summed E-state index contributed by atoms with van der Waals surface area (Å²) in [6.07, 6.45) is 1.14. The van der Waals surface area contributed by atoms with Crippen molar-refractivity contribution in [1.82, 2.24) is 14.7 Å². The van der Waals surface area contributed by atoms with Crippen LogP contribution in [0, 0.1) is 18.8 Å². The van der Waals surface area contributed by atoms with Crippen LogP contribution in [0.5, 0.6) is 0 Å². The maximum absolute atomic E-state index is 3.36. The molecule has 2 aromatic carbocycles. The smallest absolute Gasteiger partial charge is 0.0706 e. The van der Waals surface area contributed by atoms with Crippen LogP contribution in [0.1, 0.15) is 23.1 Å². The fourth-order valence-electron chi connectivity index (χ4n) is 4.16. The van der Waals surface area contributed by atoms with Crippen molar-refractivity contribution in [3.63, 3.8) is 0 Å². The molecular formula is C25H29N3. The van der Waals surface area contributed by atoms with Gasteiger partial charge in [-0.2, -0.15) is 0 Å². The summed E-state index contributed by atoms with van der Waals surface area (Å²) >= 11 is 0. The normalized spacial score (nSPS) is 17.9. The van der Waals surface area contributed by atoms with Crippen molar-refractivity contribution >= 4 is 0 Å². The van der Waals surface area contributed by atoms with Crippen LogP contribution in [0.2, 0.25) is 0 Å². The molecular weight excluding hydrogens is 342 g/mol. The molecule has 0 saturated carbocycles. The lowest BCUT2D eigenvalue weighted by Crippen LogP contribution is -2.47. The standard InChI is InChI=1S/C25H29N3/c1-21-10-12-23(13-11-21)17-28-19-24-18-27(16-14-25(24)26(2)20-28)15-6-9-22-7-4-3-5-8-22/h3-5,7-8,10-13H,14-20H2,1-2H3. The highest BCUT2D eigenvalue weighted by Crippen LogP contribution is 2.26. The molecule has 28 heavy (non-hydrogen) atoms. The van der Waals surface area contributed by atoms with Crippen molar-refractivity contribution in [2.75, 3.05) is 39.9 Å². The molecule has 0 radical (unpaired) electrons. The summed E-state index contributed by atoms with van der Waals surface area (Å²) in [6.45, 7) is 8.21. The maximum atomic E-state index is 3.36. The molecule has 144 valence electrons. The zero-order chi connectivity index (χ0) is 19.3. The summed E-state index contributed by atoms with van der Waals surface area (Å²) in [6, 6.07) is 19.2. The summed E-state index contributed by atoms with van der Waals surface area (Å²) in [5.74, 6) is 6.65. The molecule has 0 aliphatic carbocycles. The lowest BCUT2D eigenvalue weighted by atomic mass is 10.0. The molecule has 0 aromatic heterocycles. The Hall–Kier alpha value is -2.54. The van der Waals surface area contributed by atoms with Crippen molar-refractivity contribution in [2.45, 2.75) is 19.9 Å². The zero-order valence-corrected chi connectivity index (χ0v) is 17.0. The minimum absolute atomic E-state index is 0.841. The van der Waals surface area contributed by atoms with Crippen LogP contribution < -0.4 is 0 Å². The van der Waals surface area contributed by atoms with Crippen LogP contribution in [-0.2, 0) is 6.54 Å². The first kappa shape index (κ1) is 18.8. The van der Waals surface area contributed by atoms with Gasteiger partial charge in [0.1, 0.15) is 0 Å². The van der Waals surface area contributed by atoms with E-state index in [0.29, 0.717) is 0 Å². The Bertz CT molecular complexity index is 887. The number of benzene rings is 2. The second kappa shape index (κ2) is 8.65. The monoisotopic (exact) mass is 371 g/mol. The molecule has 2 aromatic rings. The first-order valence-electron chi connectivity index (χ1n) is 10.1. The summed E-state index contributed by atoms with van der Waals surface area (Å²) in [7, 11) is 2.24. The zero-order valence-electron chi connectivity index (χ0n) is 17.0. The van der Waals surface area contributed by atoms with E-state index < -0.39 is 0 Å². The van der Waals surface area contributed by atoms with Gasteiger partial charge in [0.05, 0.1) is 13.2 Å². The van der Waals surface area contributed by atoms with Crippen molar-refractivity contribution < 1.29 is 0 Å². The third kappa shape index (κ3) is 4.65. The highest BCUT2D eigenvalue weighted by Gasteiger charge is 2.27. The predicted octanol–water partition coefficient (Wildman–Crippen LogP) is 3.71. The Morgan fingerprint density at radius 3 is 2.46 bits per heavy atom. The van der Waals surface area contributed by atoms with E-state index in [1.54, 1.807) is 11.3 Å². The highest BCUT2D eigenvalue weighted by atomic mass is 15.3. The van der Waals surface area contributed by atoms with E-state index in [1.807, 2.05) is 18.2 Å². The van der Waals surface area contributed by atoms with Crippen LogP contribution in [0.4, 0.5) is 0 Å².